The standard InChI is InChI=1S/C16H28N4/c1-7-20(10-12-8-9-12)14-11(2)13(17-6)18-15(19-14)16(3,4)5/h12H,7-10H2,1-6H3,(H,17,18,19). The van der Waals surface area contributed by atoms with Gasteiger partial charge in [0.2, 0.25) is 0 Å². The second-order valence-electron chi connectivity index (χ2n) is 6.83. The third kappa shape index (κ3) is 3.22. The minimum atomic E-state index is -0.0347. The summed E-state index contributed by atoms with van der Waals surface area (Å²) in [6.07, 6.45) is 2.73. The molecule has 1 N–H and O–H groups in total. The second-order valence-corrected chi connectivity index (χ2v) is 6.83. The summed E-state index contributed by atoms with van der Waals surface area (Å²) >= 11 is 0. The molecule has 1 aliphatic carbocycles. The van der Waals surface area contributed by atoms with Crippen LogP contribution in [0.3, 0.4) is 0 Å². The number of hydrogen-bond acceptors (Lipinski definition) is 4. The number of nitrogens with zero attached hydrogens (tertiary/aromatic N) is 3. The molecule has 0 atom stereocenters. The molecule has 0 saturated heterocycles. The van der Waals surface area contributed by atoms with Crippen LogP contribution in [0.1, 0.15) is 51.9 Å². The predicted octanol–water partition coefficient (Wildman–Crippen LogP) is 3.36. The van der Waals surface area contributed by atoms with Crippen molar-refractivity contribution in [2.24, 2.45) is 5.92 Å². The van der Waals surface area contributed by atoms with Gasteiger partial charge in [0, 0.05) is 31.1 Å². The minimum absolute atomic E-state index is 0.0347. The van der Waals surface area contributed by atoms with Crippen molar-refractivity contribution in [1.82, 2.24) is 9.97 Å². The molecule has 4 nitrogen and oxygen atoms in total. The van der Waals surface area contributed by atoms with Gasteiger partial charge in [0.05, 0.1) is 0 Å². The van der Waals surface area contributed by atoms with Gasteiger partial charge in [-0.3, -0.25) is 0 Å². The second kappa shape index (κ2) is 5.58. The lowest BCUT2D eigenvalue weighted by atomic mass is 9.95. The summed E-state index contributed by atoms with van der Waals surface area (Å²) in [5.74, 6) is 3.83. The summed E-state index contributed by atoms with van der Waals surface area (Å²) in [7, 11) is 1.93. The SMILES string of the molecule is CCN(CC1CC1)c1nc(C(C)(C)C)nc(NC)c1C. The number of anilines is 2. The molecule has 1 heterocycles. The average Bonchev–Trinajstić information content (AvgIpc) is 3.19. The largest absolute Gasteiger partial charge is 0.373 e. The van der Waals surface area contributed by atoms with Gasteiger partial charge in [0.15, 0.2) is 0 Å². The number of nitrogens with one attached hydrogen (secondary N) is 1. The summed E-state index contributed by atoms with van der Waals surface area (Å²) in [5, 5.41) is 3.22. The van der Waals surface area contributed by atoms with E-state index < -0.39 is 0 Å². The molecule has 0 bridgehead atoms. The Morgan fingerprint density at radius 2 is 1.90 bits per heavy atom. The first-order valence-corrected chi connectivity index (χ1v) is 7.68. The fraction of sp³-hybridized carbons (Fsp3) is 0.750. The molecule has 0 amide bonds. The van der Waals surface area contributed by atoms with Crippen LogP contribution in [0.4, 0.5) is 11.6 Å². The number of hydrogen-bond donors (Lipinski definition) is 1. The van der Waals surface area contributed by atoms with E-state index in [1.165, 1.54) is 12.8 Å². The van der Waals surface area contributed by atoms with Crippen LogP contribution in [0.15, 0.2) is 0 Å². The summed E-state index contributed by atoms with van der Waals surface area (Å²) < 4.78 is 0. The van der Waals surface area contributed by atoms with E-state index in [0.717, 1.165) is 42.0 Å². The van der Waals surface area contributed by atoms with Gasteiger partial charge in [-0.05, 0) is 32.6 Å². The van der Waals surface area contributed by atoms with Crippen LogP contribution in [0.2, 0.25) is 0 Å². The van der Waals surface area contributed by atoms with Gasteiger partial charge in [-0.2, -0.15) is 0 Å². The Balaban J connectivity index is 2.42. The number of rotatable bonds is 5. The van der Waals surface area contributed by atoms with Gasteiger partial charge in [0.1, 0.15) is 17.5 Å². The van der Waals surface area contributed by atoms with Crippen molar-refractivity contribution >= 4 is 11.6 Å². The van der Waals surface area contributed by atoms with E-state index in [9.17, 15) is 0 Å². The molecule has 1 aromatic heterocycles. The molecule has 20 heavy (non-hydrogen) atoms. The molecule has 1 saturated carbocycles. The van der Waals surface area contributed by atoms with E-state index in [0.29, 0.717) is 0 Å². The van der Waals surface area contributed by atoms with E-state index >= 15 is 0 Å². The van der Waals surface area contributed by atoms with E-state index in [-0.39, 0.29) is 5.41 Å². The molecule has 0 aromatic carbocycles. The lowest BCUT2D eigenvalue weighted by Crippen LogP contribution is -2.29. The Morgan fingerprint density at radius 3 is 2.35 bits per heavy atom. The van der Waals surface area contributed by atoms with Gasteiger partial charge < -0.3 is 10.2 Å². The maximum atomic E-state index is 4.88. The molecule has 4 heteroatoms. The smallest absolute Gasteiger partial charge is 0.138 e. The van der Waals surface area contributed by atoms with Crippen LogP contribution in [0.5, 0.6) is 0 Å². The van der Waals surface area contributed by atoms with Crippen LogP contribution >= 0.6 is 0 Å². The fourth-order valence-corrected chi connectivity index (χ4v) is 2.37. The summed E-state index contributed by atoms with van der Waals surface area (Å²) in [6, 6.07) is 0. The summed E-state index contributed by atoms with van der Waals surface area (Å²) in [4.78, 5) is 12.0. The highest BCUT2D eigenvalue weighted by molar-refractivity contribution is 5.59. The summed E-state index contributed by atoms with van der Waals surface area (Å²) in [6.45, 7) is 12.9. The van der Waals surface area contributed by atoms with Crippen molar-refractivity contribution in [3.63, 3.8) is 0 Å². The maximum absolute atomic E-state index is 4.88. The Bertz CT molecular complexity index is 472. The minimum Gasteiger partial charge on any atom is -0.373 e. The molecular weight excluding hydrogens is 248 g/mol. The zero-order valence-electron chi connectivity index (χ0n) is 13.7. The highest BCUT2D eigenvalue weighted by Crippen LogP contribution is 2.33. The lowest BCUT2D eigenvalue weighted by molar-refractivity contribution is 0.543. The molecule has 1 aromatic rings. The molecule has 0 unspecified atom stereocenters. The van der Waals surface area contributed by atoms with E-state index in [1.54, 1.807) is 0 Å². The highest BCUT2D eigenvalue weighted by atomic mass is 15.2. The van der Waals surface area contributed by atoms with E-state index in [1.807, 2.05) is 7.05 Å². The Labute approximate surface area is 123 Å². The van der Waals surface area contributed by atoms with Crippen LogP contribution in [0, 0.1) is 12.8 Å². The molecule has 1 aliphatic rings. The van der Waals surface area contributed by atoms with Crippen LogP contribution in [-0.4, -0.2) is 30.1 Å². The molecule has 1 fully saturated rings. The van der Waals surface area contributed by atoms with Crippen molar-refractivity contribution < 1.29 is 0 Å². The maximum Gasteiger partial charge on any atom is 0.138 e. The first kappa shape index (κ1) is 15.1. The highest BCUT2D eigenvalue weighted by Gasteiger charge is 2.27. The monoisotopic (exact) mass is 276 g/mol. The lowest BCUT2D eigenvalue weighted by Gasteiger charge is -2.27. The zero-order chi connectivity index (χ0) is 14.9. The van der Waals surface area contributed by atoms with Crippen LogP contribution in [-0.2, 0) is 5.41 Å². The number of aromatic nitrogens is 2. The van der Waals surface area contributed by atoms with Crippen molar-refractivity contribution in [3.05, 3.63) is 11.4 Å². The molecule has 112 valence electrons. The Kier molecular flexibility index (Phi) is 4.21. The Hall–Kier alpha value is -1.32. The van der Waals surface area contributed by atoms with Gasteiger partial charge in [-0.1, -0.05) is 20.8 Å². The average molecular weight is 276 g/mol. The van der Waals surface area contributed by atoms with Crippen molar-refractivity contribution in [2.75, 3.05) is 30.4 Å². The van der Waals surface area contributed by atoms with Crippen LogP contribution in [0.25, 0.3) is 0 Å². The molecule has 0 radical (unpaired) electrons. The fourth-order valence-electron chi connectivity index (χ4n) is 2.37. The first-order chi connectivity index (χ1) is 9.36. The predicted molar refractivity (Wildman–Crippen MR) is 85.6 cm³/mol. The molecular formula is C16H28N4. The zero-order valence-corrected chi connectivity index (χ0v) is 13.7. The van der Waals surface area contributed by atoms with Gasteiger partial charge in [0.25, 0.3) is 0 Å². The topological polar surface area (TPSA) is 41.1 Å². The summed E-state index contributed by atoms with van der Waals surface area (Å²) in [5.41, 5.74) is 1.12. The van der Waals surface area contributed by atoms with Crippen LogP contribution < -0.4 is 10.2 Å². The van der Waals surface area contributed by atoms with Gasteiger partial charge in [-0.25, -0.2) is 9.97 Å². The van der Waals surface area contributed by atoms with Gasteiger partial charge in [-0.15, -0.1) is 0 Å². The molecule has 0 spiro atoms. The molecule has 0 aliphatic heterocycles. The first-order valence-electron chi connectivity index (χ1n) is 7.68. The van der Waals surface area contributed by atoms with E-state index in [4.69, 9.17) is 4.98 Å². The van der Waals surface area contributed by atoms with Gasteiger partial charge >= 0.3 is 0 Å². The van der Waals surface area contributed by atoms with Crippen molar-refractivity contribution in [3.8, 4) is 0 Å². The Morgan fingerprint density at radius 1 is 1.25 bits per heavy atom. The van der Waals surface area contributed by atoms with E-state index in [2.05, 4.69) is 49.8 Å². The third-order valence-corrected chi connectivity index (χ3v) is 3.88. The van der Waals surface area contributed by atoms with Crippen molar-refractivity contribution in [1.29, 1.82) is 0 Å². The third-order valence-electron chi connectivity index (χ3n) is 3.88. The normalized spacial score (nSPS) is 15.3. The van der Waals surface area contributed by atoms with Crippen molar-refractivity contribution in [2.45, 2.75) is 52.9 Å². The quantitative estimate of drug-likeness (QED) is 0.895. The molecule has 2 rings (SSSR count).